The Morgan fingerprint density at radius 2 is 1.26 bits per heavy atom. The third-order valence-electron chi connectivity index (χ3n) is 9.18. The lowest BCUT2D eigenvalue weighted by atomic mass is 9.86. The highest BCUT2D eigenvalue weighted by Gasteiger charge is 2.44. The lowest BCUT2D eigenvalue weighted by Crippen LogP contribution is -2.49. The molecule has 0 aromatic heterocycles. The van der Waals surface area contributed by atoms with Crippen molar-refractivity contribution in [2.75, 3.05) is 6.16 Å². The second-order valence-corrected chi connectivity index (χ2v) is 26.5. The maximum atomic E-state index is 14.7. The molecule has 1 aliphatic carbocycles. The van der Waals surface area contributed by atoms with Crippen LogP contribution in [0.3, 0.4) is 0 Å². The monoisotopic (exact) mass is 582 g/mol. The average molecular weight is 583 g/mol. The molecule has 3 rings (SSSR count). The van der Waals surface area contributed by atoms with Crippen molar-refractivity contribution in [2.45, 2.75) is 103 Å². The fourth-order valence-electron chi connectivity index (χ4n) is 4.53. The van der Waals surface area contributed by atoms with Crippen molar-refractivity contribution in [3.05, 3.63) is 84.5 Å². The van der Waals surface area contributed by atoms with Gasteiger partial charge in [-0.25, -0.2) is 0 Å². The molecule has 0 N–H and O–H groups in total. The maximum absolute atomic E-state index is 14.7. The molecule has 0 spiro atoms. The lowest BCUT2D eigenvalue weighted by molar-refractivity contribution is 0.0969. The summed E-state index contributed by atoms with van der Waals surface area (Å²) in [6.07, 6.45) is 4.22. The van der Waals surface area contributed by atoms with Gasteiger partial charge in [-0.3, -0.25) is 0 Å². The summed E-state index contributed by atoms with van der Waals surface area (Å²) in [5.41, 5.74) is 2.17. The van der Waals surface area contributed by atoms with Gasteiger partial charge in [-0.05, 0) is 53.8 Å². The van der Waals surface area contributed by atoms with Crippen LogP contribution in [0.4, 0.5) is 0 Å². The van der Waals surface area contributed by atoms with E-state index in [9.17, 15) is 4.57 Å². The smallest absolute Gasteiger partial charge is 0.192 e. The van der Waals surface area contributed by atoms with Crippen LogP contribution in [0.2, 0.25) is 36.3 Å². The van der Waals surface area contributed by atoms with E-state index < -0.39 is 23.8 Å². The van der Waals surface area contributed by atoms with Crippen LogP contribution in [-0.2, 0) is 13.4 Å². The molecular formula is C33H51O3PSi2. The Labute approximate surface area is 240 Å². The highest BCUT2D eigenvalue weighted by Crippen LogP contribution is 2.47. The molecule has 3 nitrogen and oxygen atoms in total. The van der Waals surface area contributed by atoms with E-state index in [1.807, 2.05) is 60.7 Å². The van der Waals surface area contributed by atoms with Crippen molar-refractivity contribution in [1.29, 1.82) is 0 Å². The van der Waals surface area contributed by atoms with E-state index in [-0.39, 0.29) is 22.3 Å². The second kappa shape index (κ2) is 11.8. The van der Waals surface area contributed by atoms with Gasteiger partial charge in [-0.15, -0.1) is 0 Å². The van der Waals surface area contributed by atoms with Gasteiger partial charge in [0, 0.05) is 23.2 Å². The van der Waals surface area contributed by atoms with E-state index in [1.54, 1.807) is 0 Å². The molecule has 6 heteroatoms. The molecular weight excluding hydrogens is 532 g/mol. The normalized spacial score (nSPS) is 20.9. The van der Waals surface area contributed by atoms with Gasteiger partial charge in [0.2, 0.25) is 0 Å². The molecule has 2 aromatic carbocycles. The highest BCUT2D eigenvalue weighted by atomic mass is 31.2. The molecule has 214 valence electrons. The summed E-state index contributed by atoms with van der Waals surface area (Å²) in [5, 5.41) is 1.99. The van der Waals surface area contributed by atoms with Crippen LogP contribution in [0.15, 0.2) is 84.5 Å². The fraction of sp³-hybridized carbons (Fsp3) is 0.515. The third kappa shape index (κ3) is 7.43. The Morgan fingerprint density at radius 1 is 0.821 bits per heavy atom. The van der Waals surface area contributed by atoms with Gasteiger partial charge in [0.25, 0.3) is 0 Å². The molecule has 0 aliphatic heterocycles. The minimum Gasteiger partial charge on any atom is -0.413 e. The molecule has 1 saturated carbocycles. The summed E-state index contributed by atoms with van der Waals surface area (Å²) >= 11 is 0. The SMILES string of the molecule is C=C1/C(=C/CP(=O)(c2ccccc2)c2ccccc2)C[C@@H](O[Si](C)(C)C(C)(C)C)C[C@H]1O[Si](C)(C)C(C)(C)C. The van der Waals surface area contributed by atoms with E-state index in [1.165, 1.54) is 0 Å². The van der Waals surface area contributed by atoms with Crippen molar-refractivity contribution in [1.82, 2.24) is 0 Å². The average Bonchev–Trinajstić information content (AvgIpc) is 2.84. The molecule has 0 unspecified atom stereocenters. The Kier molecular flexibility index (Phi) is 9.67. The number of hydrogen-bond donors (Lipinski definition) is 0. The zero-order chi connectivity index (χ0) is 29.3. The molecule has 0 radical (unpaired) electrons. The van der Waals surface area contributed by atoms with Crippen LogP contribution in [0.1, 0.15) is 54.4 Å². The molecule has 1 fully saturated rings. The number of rotatable bonds is 8. The predicted octanol–water partition coefficient (Wildman–Crippen LogP) is 9.06. The first kappa shape index (κ1) is 32.0. The zero-order valence-electron chi connectivity index (χ0n) is 26.0. The molecule has 0 bridgehead atoms. The van der Waals surface area contributed by atoms with Gasteiger partial charge in [0.1, 0.15) is 7.14 Å². The maximum Gasteiger partial charge on any atom is 0.192 e. The van der Waals surface area contributed by atoms with Crippen LogP contribution < -0.4 is 10.6 Å². The van der Waals surface area contributed by atoms with Gasteiger partial charge in [-0.2, -0.15) is 0 Å². The standard InChI is InChI=1S/C33H51O3PSi2/c1-26-27(22-23-37(34,29-18-14-12-15-19-29)30-20-16-13-17-21-30)24-28(35-38(8,9)32(2,3)4)25-31(26)36-39(10,11)33(5,6)7/h12-22,28,31H,1,23-25H2,2-11H3/b27-22+/t28-,31-/m1/s1. The largest absolute Gasteiger partial charge is 0.413 e. The molecule has 0 amide bonds. The first-order valence-corrected chi connectivity index (χ1v) is 22.0. The Hall–Kier alpha value is -1.50. The lowest BCUT2D eigenvalue weighted by Gasteiger charge is -2.45. The van der Waals surface area contributed by atoms with Gasteiger partial charge in [0.05, 0.1) is 12.2 Å². The van der Waals surface area contributed by atoms with E-state index in [2.05, 4.69) is 80.4 Å². The topological polar surface area (TPSA) is 35.5 Å². The van der Waals surface area contributed by atoms with Gasteiger partial charge < -0.3 is 13.4 Å². The molecule has 0 saturated heterocycles. The van der Waals surface area contributed by atoms with E-state index >= 15 is 0 Å². The first-order valence-electron chi connectivity index (χ1n) is 14.3. The summed E-state index contributed by atoms with van der Waals surface area (Å²) < 4.78 is 28.7. The van der Waals surface area contributed by atoms with E-state index in [0.717, 1.165) is 34.6 Å². The Bertz CT molecular complexity index is 1160. The molecule has 0 heterocycles. The van der Waals surface area contributed by atoms with E-state index in [4.69, 9.17) is 8.85 Å². The molecule has 2 atom stereocenters. The van der Waals surface area contributed by atoms with Crippen molar-refractivity contribution >= 4 is 34.4 Å². The van der Waals surface area contributed by atoms with Crippen LogP contribution in [0.5, 0.6) is 0 Å². The highest BCUT2D eigenvalue weighted by molar-refractivity contribution is 7.78. The van der Waals surface area contributed by atoms with Gasteiger partial charge >= 0.3 is 0 Å². The summed E-state index contributed by atoms with van der Waals surface area (Å²) in [4.78, 5) is 0. The minimum atomic E-state index is -2.87. The van der Waals surface area contributed by atoms with E-state index in [0.29, 0.717) is 6.16 Å². The molecule has 1 aliphatic rings. The van der Waals surface area contributed by atoms with Crippen LogP contribution in [0.25, 0.3) is 0 Å². The molecule has 2 aromatic rings. The zero-order valence-corrected chi connectivity index (χ0v) is 28.9. The van der Waals surface area contributed by atoms with Crippen LogP contribution in [0, 0.1) is 0 Å². The minimum absolute atomic E-state index is 0.0604. The Balaban J connectivity index is 2.01. The quantitative estimate of drug-likeness (QED) is 0.230. The number of benzene rings is 2. The van der Waals surface area contributed by atoms with Crippen molar-refractivity contribution in [3.8, 4) is 0 Å². The summed E-state index contributed by atoms with van der Waals surface area (Å²) in [6.45, 7) is 27.5. The van der Waals surface area contributed by atoms with Crippen molar-refractivity contribution in [3.63, 3.8) is 0 Å². The second-order valence-electron chi connectivity index (χ2n) is 14.2. The molecule has 39 heavy (non-hydrogen) atoms. The van der Waals surface area contributed by atoms with Crippen LogP contribution in [-0.4, -0.2) is 35.0 Å². The van der Waals surface area contributed by atoms with Crippen molar-refractivity contribution in [2.24, 2.45) is 0 Å². The van der Waals surface area contributed by atoms with Gasteiger partial charge in [-0.1, -0.05) is 115 Å². The van der Waals surface area contributed by atoms with Crippen molar-refractivity contribution < 1.29 is 13.4 Å². The summed E-state index contributed by atoms with van der Waals surface area (Å²) in [7, 11) is -6.90. The van der Waals surface area contributed by atoms with Crippen LogP contribution >= 0.6 is 7.14 Å². The summed E-state index contributed by atoms with van der Waals surface area (Å²) in [5.74, 6) is 0. The Morgan fingerprint density at radius 3 is 1.69 bits per heavy atom. The summed E-state index contributed by atoms with van der Waals surface area (Å²) in [6, 6.07) is 19.8. The van der Waals surface area contributed by atoms with Gasteiger partial charge in [0.15, 0.2) is 16.6 Å². The number of allylic oxidation sites excluding steroid dienone is 1. The predicted molar refractivity (Wildman–Crippen MR) is 175 cm³/mol. The third-order valence-corrected chi connectivity index (χ3v) is 21.2. The fourth-order valence-corrected chi connectivity index (χ4v) is 9.71. The first-order chi connectivity index (χ1) is 17.9. The number of hydrogen-bond acceptors (Lipinski definition) is 3.